The molecule has 0 bridgehead atoms. The number of hydrogen-bond donors (Lipinski definition) is 1. The summed E-state index contributed by atoms with van der Waals surface area (Å²) in [5.41, 5.74) is 1.49. The molecule has 0 saturated heterocycles. The minimum atomic E-state index is -4.25. The van der Waals surface area contributed by atoms with Gasteiger partial charge in [-0.25, -0.2) is 13.4 Å². The van der Waals surface area contributed by atoms with Crippen LogP contribution >= 0.6 is 22.7 Å². The van der Waals surface area contributed by atoms with Crippen LogP contribution in [-0.2, 0) is 10.1 Å². The lowest BCUT2D eigenvalue weighted by molar-refractivity contribution is -0.591. The highest BCUT2D eigenvalue weighted by atomic mass is 127. The molecule has 2 heterocycles. The summed E-state index contributed by atoms with van der Waals surface area (Å²) in [7, 11) is -2.62. The lowest BCUT2D eigenvalue weighted by Gasteiger charge is -2.04. The fraction of sp³-hybridized carbons (Fsp3) is 0.0400. The number of carbonyl (C=O) groups is 1. The molecular formula is C25H19IN2O5S3. The van der Waals surface area contributed by atoms with Crippen molar-refractivity contribution in [1.29, 1.82) is 0 Å². The van der Waals surface area contributed by atoms with Gasteiger partial charge in [0, 0.05) is 11.6 Å². The highest BCUT2D eigenvalue weighted by molar-refractivity contribution is 7.85. The molecule has 3 aromatic carbocycles. The molecule has 1 N–H and O–H groups in total. The second-order valence-electron chi connectivity index (χ2n) is 7.09. The van der Waals surface area contributed by atoms with Crippen LogP contribution in [0.5, 0.6) is 5.75 Å². The van der Waals surface area contributed by atoms with Crippen molar-refractivity contribution in [3.05, 3.63) is 102 Å². The molecule has 0 fully saturated rings. The number of aromatic nitrogens is 1. The number of rotatable bonds is 6. The molecule has 2 aromatic heterocycles. The molecule has 0 unspecified atom stereocenters. The Morgan fingerprint density at radius 1 is 1.00 bits per heavy atom. The third kappa shape index (κ3) is 7.11. The number of nitrogens with one attached hydrogen (secondary N) is 1. The van der Waals surface area contributed by atoms with Crippen molar-refractivity contribution >= 4 is 54.0 Å². The van der Waals surface area contributed by atoms with Gasteiger partial charge in [0.2, 0.25) is 2.88 Å². The molecule has 36 heavy (non-hydrogen) atoms. The smallest absolute Gasteiger partial charge is 0.369 e. The van der Waals surface area contributed by atoms with E-state index in [-0.39, 0.29) is 32.0 Å². The molecule has 0 aliphatic heterocycles. The molecule has 7 nitrogen and oxygen atoms in total. The number of ether oxygens (including phenoxy) is 1. The molecule has 11 heteroatoms. The molecule has 5 aromatic rings. The van der Waals surface area contributed by atoms with E-state index in [2.05, 4.69) is 27.8 Å². The summed E-state index contributed by atoms with van der Waals surface area (Å²) in [6.45, 7) is 0. The highest BCUT2D eigenvalue weighted by Crippen LogP contribution is 2.29. The van der Waals surface area contributed by atoms with Crippen molar-refractivity contribution in [2.75, 3.05) is 12.4 Å². The SMILES string of the molecule is COc1ccc2nc(NC(=O)c3ccc([I+]c4cccs4)cc3)sc2c1.O=S(=O)([O-])c1ccccc1. The number of fused-ring (bicyclic) bond motifs is 1. The zero-order valence-corrected chi connectivity index (χ0v) is 23.4. The average Bonchev–Trinajstić information content (AvgIpc) is 3.53. The third-order valence-corrected chi connectivity index (χ3v) is 10.6. The number of amides is 1. The Morgan fingerprint density at radius 3 is 2.36 bits per heavy atom. The minimum absolute atomic E-state index is 0.142. The van der Waals surface area contributed by atoms with Crippen LogP contribution in [-0.4, -0.2) is 31.0 Å². The molecule has 0 spiro atoms. The van der Waals surface area contributed by atoms with Crippen molar-refractivity contribution < 1.29 is 43.7 Å². The molecule has 5 rings (SSSR count). The van der Waals surface area contributed by atoms with E-state index in [9.17, 15) is 17.8 Å². The third-order valence-electron chi connectivity index (χ3n) is 4.64. The fourth-order valence-electron chi connectivity index (χ4n) is 2.93. The fourth-order valence-corrected chi connectivity index (χ4v) is 7.93. The quantitative estimate of drug-likeness (QED) is 0.224. The lowest BCUT2D eigenvalue weighted by Crippen LogP contribution is -3.61. The zero-order chi connectivity index (χ0) is 25.5. The molecular weight excluding hydrogens is 631 g/mol. The molecule has 184 valence electrons. The van der Waals surface area contributed by atoms with Crippen molar-refractivity contribution in [3.63, 3.8) is 0 Å². The van der Waals surface area contributed by atoms with Gasteiger partial charge in [0.15, 0.2) is 8.70 Å². The van der Waals surface area contributed by atoms with Crippen molar-refractivity contribution in [2.45, 2.75) is 4.90 Å². The van der Waals surface area contributed by atoms with Crippen LogP contribution in [0, 0.1) is 6.45 Å². The van der Waals surface area contributed by atoms with E-state index in [4.69, 9.17) is 4.74 Å². The van der Waals surface area contributed by atoms with Gasteiger partial charge in [-0.1, -0.05) is 40.9 Å². The zero-order valence-electron chi connectivity index (χ0n) is 18.8. The number of methoxy groups -OCH3 is 1. The number of carbonyl (C=O) groups excluding carboxylic acids is 1. The van der Waals surface area contributed by atoms with Gasteiger partial charge in [-0.2, -0.15) is 0 Å². The van der Waals surface area contributed by atoms with Crippen LogP contribution in [0.15, 0.2) is 95.2 Å². The first-order chi connectivity index (χ1) is 17.3. The molecule has 0 aliphatic rings. The van der Waals surface area contributed by atoms with E-state index in [1.807, 2.05) is 42.5 Å². The summed E-state index contributed by atoms with van der Waals surface area (Å²) < 4.78 is 39.8. The Morgan fingerprint density at radius 2 is 1.75 bits per heavy atom. The molecule has 0 atom stereocenters. The maximum Gasteiger partial charge on any atom is 0.369 e. The van der Waals surface area contributed by atoms with E-state index in [1.54, 1.807) is 24.5 Å². The van der Waals surface area contributed by atoms with E-state index in [0.29, 0.717) is 10.7 Å². The maximum absolute atomic E-state index is 12.5. The van der Waals surface area contributed by atoms with Gasteiger partial charge in [-0.15, -0.1) is 0 Å². The first-order valence-corrected chi connectivity index (χ1v) is 15.6. The predicted octanol–water partition coefficient (Wildman–Crippen LogP) is 2.34. The number of nitrogens with zero attached hydrogens (tertiary/aromatic N) is 1. The standard InChI is InChI=1S/C19H13IN2O2S2.C6H6O3S/c1-24-14-8-9-15-16(11-14)26-19(21-15)22-18(23)12-4-6-13(7-5-12)20-17-3-2-10-25-17;7-10(8,9)6-4-2-1-3-5-6/h2-11H,1H3;1-5H,(H,7,8,9). The largest absolute Gasteiger partial charge is 0.744 e. The normalized spacial score (nSPS) is 10.9. The second kappa shape index (κ2) is 11.9. The van der Waals surface area contributed by atoms with Gasteiger partial charge in [-0.3, -0.25) is 10.1 Å². The van der Waals surface area contributed by atoms with Crippen LogP contribution in [0.1, 0.15) is 10.4 Å². The number of halogens is 1. The number of hydrogen-bond acceptors (Lipinski definition) is 8. The van der Waals surface area contributed by atoms with Crippen LogP contribution in [0.4, 0.5) is 5.13 Å². The Labute approximate surface area is 226 Å². The molecule has 0 saturated carbocycles. The van der Waals surface area contributed by atoms with Gasteiger partial charge in [0.25, 0.3) is 5.91 Å². The van der Waals surface area contributed by atoms with Crippen LogP contribution in [0.25, 0.3) is 10.2 Å². The molecule has 0 radical (unpaired) electrons. The van der Waals surface area contributed by atoms with Gasteiger partial charge in [0.1, 0.15) is 15.9 Å². The van der Waals surface area contributed by atoms with E-state index in [1.165, 1.54) is 42.1 Å². The highest BCUT2D eigenvalue weighted by Gasteiger charge is 2.17. The Hall–Kier alpha value is -2.84. The topological polar surface area (TPSA) is 108 Å². The van der Waals surface area contributed by atoms with Gasteiger partial charge in [0.05, 0.1) is 22.2 Å². The van der Waals surface area contributed by atoms with Crippen molar-refractivity contribution in [1.82, 2.24) is 4.98 Å². The summed E-state index contributed by atoms with van der Waals surface area (Å²) in [6, 6.07) is 25.0. The molecule has 0 aliphatic carbocycles. The summed E-state index contributed by atoms with van der Waals surface area (Å²) in [6.07, 6.45) is 0. The van der Waals surface area contributed by atoms with Crippen molar-refractivity contribution in [2.24, 2.45) is 0 Å². The Kier molecular flexibility index (Phi) is 8.69. The first kappa shape index (κ1) is 26.2. The van der Waals surface area contributed by atoms with Gasteiger partial charge in [-0.05, 0) is 66.0 Å². The predicted molar refractivity (Wildman–Crippen MR) is 137 cm³/mol. The van der Waals surface area contributed by atoms with Crippen LogP contribution < -0.4 is 31.3 Å². The lowest BCUT2D eigenvalue weighted by atomic mass is 10.2. The molecule has 1 amide bonds. The van der Waals surface area contributed by atoms with E-state index < -0.39 is 10.1 Å². The first-order valence-electron chi connectivity index (χ1n) is 10.4. The number of thiophene rings is 1. The Balaban J connectivity index is 0.000000256. The van der Waals surface area contributed by atoms with Crippen LogP contribution in [0.3, 0.4) is 0 Å². The maximum atomic E-state index is 12.5. The average molecular weight is 651 g/mol. The van der Waals surface area contributed by atoms with Crippen molar-refractivity contribution in [3.8, 4) is 5.75 Å². The second-order valence-corrected chi connectivity index (χ2v) is 14.1. The summed E-state index contributed by atoms with van der Waals surface area (Å²) in [5, 5.41) is 5.58. The minimum Gasteiger partial charge on any atom is -0.744 e. The summed E-state index contributed by atoms with van der Waals surface area (Å²) in [4.78, 5) is 16.8. The van der Waals surface area contributed by atoms with E-state index in [0.717, 1.165) is 16.0 Å². The summed E-state index contributed by atoms with van der Waals surface area (Å²) in [5.74, 6) is 0.639. The Bertz CT molecular complexity index is 1550. The summed E-state index contributed by atoms with van der Waals surface area (Å²) >= 11 is 3.06. The van der Waals surface area contributed by atoms with E-state index >= 15 is 0 Å². The monoisotopic (exact) mass is 650 g/mol. The van der Waals surface area contributed by atoms with Gasteiger partial charge < -0.3 is 9.29 Å². The van der Waals surface area contributed by atoms with Crippen LogP contribution in [0.2, 0.25) is 0 Å². The number of benzene rings is 3. The number of thiazole rings is 1. The number of anilines is 1. The van der Waals surface area contributed by atoms with Gasteiger partial charge >= 0.3 is 21.2 Å².